The topological polar surface area (TPSA) is 31.6 Å². The number of hydrogen-bond donors (Lipinski definition) is 0. The molecule has 5 rings (SSSR count). The first-order valence-corrected chi connectivity index (χ1v) is 9.73. The highest BCUT2D eigenvalue weighted by atomic mass is 16.7. The summed E-state index contributed by atoms with van der Waals surface area (Å²) in [4.78, 5) is 0. The van der Waals surface area contributed by atoms with Crippen LogP contribution >= 0.6 is 0 Å². The molecule has 28 heavy (non-hydrogen) atoms. The third-order valence-electron chi connectivity index (χ3n) is 6.14. The molecule has 1 aromatic heterocycles. The lowest BCUT2D eigenvalue weighted by Crippen LogP contribution is -2.41. The average Bonchev–Trinajstić information content (AvgIpc) is 3.17. The van der Waals surface area contributed by atoms with Crippen LogP contribution in [0.3, 0.4) is 0 Å². The molecule has 0 bridgehead atoms. The minimum Gasteiger partial charge on any atom is -0.456 e. The van der Waals surface area contributed by atoms with E-state index in [1.54, 1.807) is 0 Å². The molecule has 0 N–H and O–H groups in total. The molecule has 0 amide bonds. The normalized spacial score (nSPS) is 18.2. The molecule has 140 valence electrons. The minimum absolute atomic E-state index is 0.417. The fraction of sp³-hybridized carbons (Fsp3) is 0.250. The predicted molar refractivity (Wildman–Crippen MR) is 115 cm³/mol. The van der Waals surface area contributed by atoms with Gasteiger partial charge in [-0.2, -0.15) is 0 Å². The zero-order chi connectivity index (χ0) is 19.5. The van der Waals surface area contributed by atoms with Gasteiger partial charge in [-0.3, -0.25) is 0 Å². The van der Waals surface area contributed by atoms with Crippen LogP contribution in [0.1, 0.15) is 27.7 Å². The van der Waals surface area contributed by atoms with E-state index >= 15 is 0 Å². The molecule has 2 heterocycles. The van der Waals surface area contributed by atoms with Crippen LogP contribution in [0, 0.1) is 0 Å². The van der Waals surface area contributed by atoms with E-state index in [1.165, 1.54) is 5.39 Å². The van der Waals surface area contributed by atoms with Crippen molar-refractivity contribution < 1.29 is 13.7 Å². The van der Waals surface area contributed by atoms with Crippen LogP contribution in [0.2, 0.25) is 0 Å². The van der Waals surface area contributed by atoms with Crippen LogP contribution in [-0.2, 0) is 9.31 Å². The number of hydrogen-bond acceptors (Lipinski definition) is 3. The zero-order valence-corrected chi connectivity index (χ0v) is 16.7. The third kappa shape index (κ3) is 2.52. The fourth-order valence-electron chi connectivity index (χ4n) is 3.88. The first kappa shape index (κ1) is 17.5. The number of furan rings is 1. The Labute approximate surface area is 165 Å². The summed E-state index contributed by atoms with van der Waals surface area (Å²) >= 11 is 0. The molecule has 0 spiro atoms. The Balaban J connectivity index is 1.84. The summed E-state index contributed by atoms with van der Waals surface area (Å²) in [5, 5.41) is 3.39. The van der Waals surface area contributed by atoms with Gasteiger partial charge in [-0.1, -0.05) is 60.7 Å². The van der Waals surface area contributed by atoms with Gasteiger partial charge in [0.2, 0.25) is 0 Å². The molecule has 0 saturated carbocycles. The second-order valence-electron chi connectivity index (χ2n) is 8.46. The Morgan fingerprint density at radius 2 is 1.36 bits per heavy atom. The lowest BCUT2D eigenvalue weighted by atomic mass is 9.75. The molecule has 1 fully saturated rings. The van der Waals surface area contributed by atoms with E-state index < -0.39 is 18.3 Å². The summed E-state index contributed by atoms with van der Waals surface area (Å²) in [6.07, 6.45) is 0. The maximum absolute atomic E-state index is 6.45. The molecular formula is C24H23BO3. The van der Waals surface area contributed by atoms with Crippen molar-refractivity contribution >= 4 is 34.3 Å². The van der Waals surface area contributed by atoms with Crippen molar-refractivity contribution in [1.29, 1.82) is 0 Å². The molecule has 4 heteroatoms. The Morgan fingerprint density at radius 3 is 2.07 bits per heavy atom. The highest BCUT2D eigenvalue weighted by Gasteiger charge is 2.53. The van der Waals surface area contributed by atoms with Crippen molar-refractivity contribution in [3.63, 3.8) is 0 Å². The molecule has 1 aliphatic rings. The molecular weight excluding hydrogens is 347 g/mol. The Morgan fingerprint density at radius 1 is 0.714 bits per heavy atom. The molecule has 1 aliphatic heterocycles. The smallest absolute Gasteiger partial charge is 0.456 e. The summed E-state index contributed by atoms with van der Waals surface area (Å²) in [5.41, 5.74) is 2.01. The van der Waals surface area contributed by atoms with Crippen LogP contribution < -0.4 is 5.46 Å². The molecule has 4 aromatic rings. The maximum atomic E-state index is 6.45. The number of fused-ring (bicyclic) bond motifs is 3. The Bertz CT molecular complexity index is 1160. The summed E-state index contributed by atoms with van der Waals surface area (Å²) in [6.45, 7) is 8.32. The minimum atomic E-state index is -0.493. The molecule has 1 saturated heterocycles. The van der Waals surface area contributed by atoms with Gasteiger partial charge in [0.15, 0.2) is 0 Å². The third-order valence-corrected chi connectivity index (χ3v) is 6.14. The first-order valence-electron chi connectivity index (χ1n) is 9.73. The second kappa shape index (κ2) is 5.97. The van der Waals surface area contributed by atoms with Gasteiger partial charge in [0.1, 0.15) is 11.3 Å². The molecule has 3 aromatic carbocycles. The average molecular weight is 370 g/mol. The van der Waals surface area contributed by atoms with Crippen molar-refractivity contribution in [3.05, 3.63) is 66.7 Å². The zero-order valence-electron chi connectivity index (χ0n) is 16.7. The van der Waals surface area contributed by atoms with Crippen LogP contribution in [-0.4, -0.2) is 18.3 Å². The van der Waals surface area contributed by atoms with Crippen molar-refractivity contribution in [2.75, 3.05) is 0 Å². The van der Waals surface area contributed by atoms with Gasteiger partial charge in [0.05, 0.1) is 11.2 Å². The van der Waals surface area contributed by atoms with Gasteiger partial charge in [-0.25, -0.2) is 0 Å². The van der Waals surface area contributed by atoms with Crippen molar-refractivity contribution in [1.82, 2.24) is 0 Å². The molecule has 0 aliphatic carbocycles. The SMILES string of the molecule is CC1(C)OB(c2c(-c3ccccc3)oc3ccc4ccccc4c23)OC1(C)C. The summed E-state index contributed by atoms with van der Waals surface area (Å²) in [5.74, 6) is 0.811. The summed E-state index contributed by atoms with van der Waals surface area (Å²) in [6, 6.07) is 22.7. The van der Waals surface area contributed by atoms with Gasteiger partial charge in [-0.15, -0.1) is 0 Å². The standard InChI is InChI=1S/C24H23BO3/c1-23(2)24(3,4)28-25(27-23)21-20-18-13-9-8-10-16(18)14-15-19(20)26-22(21)17-11-6-5-7-12-17/h5-15H,1-4H3. The molecule has 0 unspecified atom stereocenters. The largest absolute Gasteiger partial charge is 0.499 e. The van der Waals surface area contributed by atoms with E-state index in [9.17, 15) is 0 Å². The van der Waals surface area contributed by atoms with Gasteiger partial charge < -0.3 is 13.7 Å². The van der Waals surface area contributed by atoms with Crippen molar-refractivity contribution in [2.45, 2.75) is 38.9 Å². The lowest BCUT2D eigenvalue weighted by molar-refractivity contribution is 0.00578. The van der Waals surface area contributed by atoms with E-state index in [4.69, 9.17) is 13.7 Å². The summed E-state index contributed by atoms with van der Waals surface area (Å²) in [7, 11) is -0.493. The van der Waals surface area contributed by atoms with E-state index in [2.05, 4.69) is 70.2 Å². The van der Waals surface area contributed by atoms with Gasteiger partial charge in [0, 0.05) is 16.4 Å². The van der Waals surface area contributed by atoms with Crippen LogP contribution in [0.25, 0.3) is 33.1 Å². The second-order valence-corrected chi connectivity index (χ2v) is 8.46. The van der Waals surface area contributed by atoms with Crippen LogP contribution in [0.15, 0.2) is 71.1 Å². The number of rotatable bonds is 2. The van der Waals surface area contributed by atoms with Gasteiger partial charge in [-0.05, 0) is 44.5 Å². The number of benzene rings is 3. The fourth-order valence-corrected chi connectivity index (χ4v) is 3.88. The molecule has 3 nitrogen and oxygen atoms in total. The van der Waals surface area contributed by atoms with Gasteiger partial charge >= 0.3 is 7.12 Å². The van der Waals surface area contributed by atoms with Crippen LogP contribution in [0.5, 0.6) is 0 Å². The van der Waals surface area contributed by atoms with Crippen molar-refractivity contribution in [3.8, 4) is 11.3 Å². The highest BCUT2D eigenvalue weighted by molar-refractivity contribution is 6.67. The predicted octanol–water partition coefficient (Wildman–Crippen LogP) is 5.55. The van der Waals surface area contributed by atoms with Gasteiger partial charge in [0.25, 0.3) is 0 Å². The summed E-state index contributed by atoms with van der Waals surface area (Å²) < 4.78 is 19.3. The monoisotopic (exact) mass is 370 g/mol. The Hall–Kier alpha value is -2.56. The quantitative estimate of drug-likeness (QED) is 0.434. The lowest BCUT2D eigenvalue weighted by Gasteiger charge is -2.32. The highest BCUT2D eigenvalue weighted by Crippen LogP contribution is 2.40. The van der Waals surface area contributed by atoms with E-state index in [-0.39, 0.29) is 0 Å². The van der Waals surface area contributed by atoms with E-state index in [1.807, 2.05) is 24.3 Å². The maximum Gasteiger partial charge on any atom is 0.499 e. The molecule has 0 radical (unpaired) electrons. The van der Waals surface area contributed by atoms with Crippen LogP contribution in [0.4, 0.5) is 0 Å². The van der Waals surface area contributed by atoms with E-state index in [0.29, 0.717) is 0 Å². The Kier molecular flexibility index (Phi) is 3.74. The first-order chi connectivity index (χ1) is 13.4. The van der Waals surface area contributed by atoms with Crippen molar-refractivity contribution in [2.24, 2.45) is 0 Å². The van der Waals surface area contributed by atoms with E-state index in [0.717, 1.165) is 33.1 Å². The molecule has 0 atom stereocenters.